The maximum Gasteiger partial charge on any atom is 0.330 e. The maximum absolute atomic E-state index is 10.2. The Hall–Kier alpha value is -0.990. The van der Waals surface area contributed by atoms with Crippen molar-refractivity contribution in [2.75, 3.05) is 0 Å². The molecule has 3 N–H and O–H groups in total. The summed E-state index contributed by atoms with van der Waals surface area (Å²) >= 11 is 0. The Bertz CT molecular complexity index is 175. The van der Waals surface area contributed by atoms with Gasteiger partial charge < -0.3 is 10.8 Å². The normalized spacial score (nSPS) is 14.3. The van der Waals surface area contributed by atoms with Gasteiger partial charge in [0.15, 0.2) is 0 Å². The zero-order valence-corrected chi connectivity index (χ0v) is 7.71. The van der Waals surface area contributed by atoms with Crippen molar-refractivity contribution in [3.8, 4) is 0 Å². The molecule has 0 heterocycles. The Balaban J connectivity index is 3.82. The van der Waals surface area contributed by atoms with Crippen molar-refractivity contribution >= 4 is 5.97 Å². The third-order valence-corrected chi connectivity index (χ3v) is 1.67. The smallest absolute Gasteiger partial charge is 0.330 e. The first kappa shape index (κ1) is 11.0. The molecule has 0 amide bonds. The van der Waals surface area contributed by atoms with E-state index in [2.05, 4.69) is 13.8 Å². The van der Waals surface area contributed by atoms with Crippen molar-refractivity contribution in [1.82, 2.24) is 0 Å². The molecule has 0 fully saturated rings. The summed E-state index contributed by atoms with van der Waals surface area (Å²) < 4.78 is 0. The molecule has 0 aliphatic carbocycles. The average molecular weight is 171 g/mol. The second-order valence-electron chi connectivity index (χ2n) is 3.16. The van der Waals surface area contributed by atoms with Crippen molar-refractivity contribution in [2.45, 2.75) is 33.1 Å². The minimum absolute atomic E-state index is 0.462. The first-order chi connectivity index (χ1) is 5.56. The Morgan fingerprint density at radius 1 is 1.67 bits per heavy atom. The standard InChI is InChI=1S/C9H17NO2/c1-3-4-7(2)5-8(10)6-9(11)12/h6-7H,3-5,10H2,1-2H3,(H,11,12)/b8-6-/t7-/m1/s1. The van der Waals surface area contributed by atoms with Gasteiger partial charge in [0.25, 0.3) is 0 Å². The van der Waals surface area contributed by atoms with Gasteiger partial charge in [0.1, 0.15) is 0 Å². The van der Waals surface area contributed by atoms with E-state index in [-0.39, 0.29) is 0 Å². The van der Waals surface area contributed by atoms with Crippen LogP contribution in [-0.2, 0) is 4.79 Å². The third kappa shape index (κ3) is 5.77. The van der Waals surface area contributed by atoms with Crippen molar-refractivity contribution in [3.63, 3.8) is 0 Å². The summed E-state index contributed by atoms with van der Waals surface area (Å²) in [5, 5.41) is 8.37. The first-order valence-corrected chi connectivity index (χ1v) is 4.25. The summed E-state index contributed by atoms with van der Waals surface area (Å²) in [6, 6.07) is 0. The van der Waals surface area contributed by atoms with Gasteiger partial charge in [-0.2, -0.15) is 0 Å². The fourth-order valence-corrected chi connectivity index (χ4v) is 1.21. The number of carbonyl (C=O) groups is 1. The van der Waals surface area contributed by atoms with E-state index >= 15 is 0 Å². The molecule has 0 rings (SSSR count). The van der Waals surface area contributed by atoms with Gasteiger partial charge in [-0.05, 0) is 12.3 Å². The van der Waals surface area contributed by atoms with Gasteiger partial charge in [-0.3, -0.25) is 0 Å². The lowest BCUT2D eigenvalue weighted by Gasteiger charge is -2.08. The fourth-order valence-electron chi connectivity index (χ4n) is 1.21. The van der Waals surface area contributed by atoms with Crippen LogP contribution in [0, 0.1) is 5.92 Å². The van der Waals surface area contributed by atoms with Gasteiger partial charge in [-0.1, -0.05) is 26.7 Å². The summed E-state index contributed by atoms with van der Waals surface area (Å²) in [4.78, 5) is 10.2. The van der Waals surface area contributed by atoms with E-state index in [9.17, 15) is 4.79 Å². The lowest BCUT2D eigenvalue weighted by molar-refractivity contribution is -0.131. The lowest BCUT2D eigenvalue weighted by atomic mass is 10.0. The minimum atomic E-state index is -0.962. The molecule has 3 nitrogen and oxygen atoms in total. The van der Waals surface area contributed by atoms with Crippen LogP contribution in [0.2, 0.25) is 0 Å². The van der Waals surface area contributed by atoms with Gasteiger partial charge in [0, 0.05) is 11.8 Å². The largest absolute Gasteiger partial charge is 0.478 e. The number of carboxylic acids is 1. The van der Waals surface area contributed by atoms with Gasteiger partial charge in [-0.15, -0.1) is 0 Å². The summed E-state index contributed by atoms with van der Waals surface area (Å²) in [7, 11) is 0. The Morgan fingerprint density at radius 3 is 2.67 bits per heavy atom. The van der Waals surface area contributed by atoms with Gasteiger partial charge in [-0.25, -0.2) is 4.79 Å². The van der Waals surface area contributed by atoms with Crippen molar-refractivity contribution in [1.29, 1.82) is 0 Å². The summed E-state index contributed by atoms with van der Waals surface area (Å²) in [6.07, 6.45) is 3.96. The van der Waals surface area contributed by atoms with Crippen molar-refractivity contribution in [2.24, 2.45) is 11.7 Å². The van der Waals surface area contributed by atoms with E-state index in [0.717, 1.165) is 18.9 Å². The number of rotatable bonds is 5. The van der Waals surface area contributed by atoms with Crippen LogP contribution >= 0.6 is 0 Å². The quantitative estimate of drug-likeness (QED) is 0.619. The highest BCUT2D eigenvalue weighted by molar-refractivity contribution is 5.80. The molecule has 70 valence electrons. The van der Waals surface area contributed by atoms with Crippen LogP contribution in [0.1, 0.15) is 33.1 Å². The number of aliphatic carboxylic acids is 1. The Kier molecular flexibility index (Phi) is 5.17. The number of allylic oxidation sites excluding steroid dienone is 1. The number of carboxylic acid groups (broad SMARTS) is 1. The van der Waals surface area contributed by atoms with E-state index < -0.39 is 5.97 Å². The molecule has 0 aliphatic rings. The number of hydrogen-bond donors (Lipinski definition) is 2. The van der Waals surface area contributed by atoms with E-state index in [1.165, 1.54) is 0 Å². The SMILES string of the molecule is CCC[C@@H](C)C/C(N)=C/C(=O)O. The molecule has 0 aromatic rings. The second kappa shape index (κ2) is 5.63. The highest BCUT2D eigenvalue weighted by atomic mass is 16.4. The third-order valence-electron chi connectivity index (χ3n) is 1.67. The molecule has 0 saturated carbocycles. The number of nitrogens with two attached hydrogens (primary N) is 1. The van der Waals surface area contributed by atoms with Crippen LogP contribution in [0.3, 0.4) is 0 Å². The second-order valence-corrected chi connectivity index (χ2v) is 3.16. The molecule has 0 unspecified atom stereocenters. The molecule has 0 radical (unpaired) electrons. The van der Waals surface area contributed by atoms with Gasteiger partial charge in [0.05, 0.1) is 0 Å². The molecule has 3 heteroatoms. The number of hydrogen-bond acceptors (Lipinski definition) is 2. The molecular formula is C9H17NO2. The molecule has 0 saturated heterocycles. The predicted octanol–water partition coefficient (Wildman–Crippen LogP) is 1.74. The van der Waals surface area contributed by atoms with Crippen LogP contribution in [0.4, 0.5) is 0 Å². The molecule has 0 bridgehead atoms. The summed E-state index contributed by atoms with van der Waals surface area (Å²) in [6.45, 7) is 4.18. The van der Waals surface area contributed by atoms with E-state index in [0.29, 0.717) is 18.0 Å². The van der Waals surface area contributed by atoms with Crippen LogP contribution in [0.25, 0.3) is 0 Å². The minimum Gasteiger partial charge on any atom is -0.478 e. The molecular weight excluding hydrogens is 154 g/mol. The molecule has 1 atom stereocenters. The van der Waals surface area contributed by atoms with Crippen LogP contribution in [0.15, 0.2) is 11.8 Å². The first-order valence-electron chi connectivity index (χ1n) is 4.25. The van der Waals surface area contributed by atoms with Crippen LogP contribution in [-0.4, -0.2) is 11.1 Å². The molecule has 0 aromatic heterocycles. The molecule has 12 heavy (non-hydrogen) atoms. The monoisotopic (exact) mass is 171 g/mol. The maximum atomic E-state index is 10.2. The van der Waals surface area contributed by atoms with Crippen molar-refractivity contribution < 1.29 is 9.90 Å². The van der Waals surface area contributed by atoms with Crippen molar-refractivity contribution in [3.05, 3.63) is 11.8 Å². The Labute approximate surface area is 73.3 Å². The molecule has 0 aromatic carbocycles. The van der Waals surface area contributed by atoms with Crippen LogP contribution in [0.5, 0.6) is 0 Å². The lowest BCUT2D eigenvalue weighted by Crippen LogP contribution is -2.06. The zero-order chi connectivity index (χ0) is 9.56. The topological polar surface area (TPSA) is 63.3 Å². The zero-order valence-electron chi connectivity index (χ0n) is 7.71. The van der Waals surface area contributed by atoms with Gasteiger partial charge in [0.2, 0.25) is 0 Å². The van der Waals surface area contributed by atoms with E-state index in [1.54, 1.807) is 0 Å². The Morgan fingerprint density at radius 2 is 2.25 bits per heavy atom. The van der Waals surface area contributed by atoms with E-state index in [1.807, 2.05) is 0 Å². The predicted molar refractivity (Wildman–Crippen MR) is 48.6 cm³/mol. The fraction of sp³-hybridized carbons (Fsp3) is 0.667. The highest BCUT2D eigenvalue weighted by Crippen LogP contribution is 2.12. The molecule has 0 aliphatic heterocycles. The van der Waals surface area contributed by atoms with Gasteiger partial charge >= 0.3 is 5.97 Å². The summed E-state index contributed by atoms with van der Waals surface area (Å²) in [5.74, 6) is -0.484. The average Bonchev–Trinajstić information content (AvgIpc) is 1.84. The van der Waals surface area contributed by atoms with Crippen LogP contribution < -0.4 is 5.73 Å². The summed E-state index contributed by atoms with van der Waals surface area (Å²) in [5.41, 5.74) is 5.95. The highest BCUT2D eigenvalue weighted by Gasteiger charge is 2.03. The molecule has 0 spiro atoms. The van der Waals surface area contributed by atoms with E-state index in [4.69, 9.17) is 10.8 Å².